The molecule has 2 saturated heterocycles. The van der Waals surface area contributed by atoms with Gasteiger partial charge >= 0.3 is 0 Å². The van der Waals surface area contributed by atoms with Gasteiger partial charge in [-0.25, -0.2) is 4.98 Å². The number of amides is 2. The standard InChI is InChI=1S/C21H24N4O5/c1-28-17-3-2-14(8-18(17)30-16-4-7-29-13-16)15-9-21(27)25(11-15)12-20(26)24-19-10-22-5-6-23-19/h2-3,5-6,8,10,15-16H,4,7,9,11-13H2,1H3,(H,23,24,26)/t15-,16-/m1/s1. The van der Waals surface area contributed by atoms with Crippen LogP contribution in [-0.4, -0.2) is 66.2 Å². The van der Waals surface area contributed by atoms with E-state index in [2.05, 4.69) is 15.3 Å². The number of benzene rings is 1. The number of nitrogens with zero attached hydrogens (tertiary/aromatic N) is 3. The average molecular weight is 412 g/mol. The molecule has 0 unspecified atom stereocenters. The summed E-state index contributed by atoms with van der Waals surface area (Å²) in [7, 11) is 1.60. The Kier molecular flexibility index (Phi) is 6.08. The zero-order valence-electron chi connectivity index (χ0n) is 16.7. The number of anilines is 1. The molecule has 0 spiro atoms. The zero-order chi connectivity index (χ0) is 20.9. The van der Waals surface area contributed by atoms with Crippen molar-refractivity contribution in [3.8, 4) is 11.5 Å². The van der Waals surface area contributed by atoms with Crippen LogP contribution in [-0.2, 0) is 14.3 Å². The molecule has 0 bridgehead atoms. The summed E-state index contributed by atoms with van der Waals surface area (Å²) >= 11 is 0. The van der Waals surface area contributed by atoms with Crippen molar-refractivity contribution in [1.29, 1.82) is 0 Å². The molecule has 3 heterocycles. The van der Waals surface area contributed by atoms with Crippen LogP contribution in [0.1, 0.15) is 24.3 Å². The van der Waals surface area contributed by atoms with Gasteiger partial charge in [0.25, 0.3) is 0 Å². The molecular weight excluding hydrogens is 388 g/mol. The molecule has 4 rings (SSSR count). The van der Waals surface area contributed by atoms with Crippen LogP contribution >= 0.6 is 0 Å². The lowest BCUT2D eigenvalue weighted by Gasteiger charge is -2.19. The highest BCUT2D eigenvalue weighted by Crippen LogP contribution is 2.36. The maximum absolute atomic E-state index is 12.5. The number of likely N-dealkylation sites (tertiary alicyclic amines) is 1. The lowest BCUT2D eigenvalue weighted by molar-refractivity contribution is -0.131. The Labute approximate surface area is 174 Å². The van der Waals surface area contributed by atoms with Crippen LogP contribution in [0.3, 0.4) is 0 Å². The van der Waals surface area contributed by atoms with E-state index in [-0.39, 0.29) is 30.4 Å². The molecule has 9 nitrogen and oxygen atoms in total. The van der Waals surface area contributed by atoms with E-state index in [1.807, 2.05) is 18.2 Å². The number of aromatic nitrogens is 2. The van der Waals surface area contributed by atoms with E-state index in [1.165, 1.54) is 18.6 Å². The Morgan fingerprint density at radius 2 is 2.23 bits per heavy atom. The number of carbonyl (C=O) groups is 2. The molecule has 1 aromatic heterocycles. The molecule has 2 atom stereocenters. The van der Waals surface area contributed by atoms with E-state index >= 15 is 0 Å². The predicted molar refractivity (Wildman–Crippen MR) is 107 cm³/mol. The predicted octanol–water partition coefficient (Wildman–Crippen LogP) is 1.61. The summed E-state index contributed by atoms with van der Waals surface area (Å²) in [6.07, 6.45) is 5.66. The normalized spacial score (nSPS) is 21.0. The second-order valence-corrected chi connectivity index (χ2v) is 7.33. The van der Waals surface area contributed by atoms with Crippen molar-refractivity contribution in [3.05, 3.63) is 42.4 Å². The van der Waals surface area contributed by atoms with Crippen LogP contribution in [0.5, 0.6) is 11.5 Å². The van der Waals surface area contributed by atoms with Crippen LogP contribution in [0.15, 0.2) is 36.8 Å². The second-order valence-electron chi connectivity index (χ2n) is 7.33. The van der Waals surface area contributed by atoms with Crippen molar-refractivity contribution >= 4 is 17.6 Å². The molecule has 2 fully saturated rings. The molecule has 0 radical (unpaired) electrons. The third kappa shape index (κ3) is 4.68. The van der Waals surface area contributed by atoms with E-state index < -0.39 is 0 Å². The van der Waals surface area contributed by atoms with Gasteiger partial charge in [-0.05, 0) is 17.7 Å². The number of hydrogen-bond acceptors (Lipinski definition) is 7. The van der Waals surface area contributed by atoms with Gasteiger partial charge in [0.15, 0.2) is 17.3 Å². The molecule has 0 saturated carbocycles. The maximum Gasteiger partial charge on any atom is 0.245 e. The monoisotopic (exact) mass is 412 g/mol. The minimum absolute atomic E-state index is 0.000593. The van der Waals surface area contributed by atoms with Gasteiger partial charge in [0.1, 0.15) is 6.10 Å². The molecule has 30 heavy (non-hydrogen) atoms. The van der Waals surface area contributed by atoms with Gasteiger partial charge in [-0.15, -0.1) is 0 Å². The first kappa shape index (κ1) is 20.1. The van der Waals surface area contributed by atoms with Crippen molar-refractivity contribution in [2.45, 2.75) is 24.9 Å². The number of carbonyl (C=O) groups excluding carboxylic acids is 2. The van der Waals surface area contributed by atoms with Crippen LogP contribution in [0.25, 0.3) is 0 Å². The minimum atomic E-state index is -0.301. The Morgan fingerprint density at radius 3 is 2.97 bits per heavy atom. The number of methoxy groups -OCH3 is 1. The quantitative estimate of drug-likeness (QED) is 0.737. The fourth-order valence-corrected chi connectivity index (χ4v) is 3.69. The Hall–Kier alpha value is -3.20. The number of ether oxygens (including phenoxy) is 3. The first-order valence-corrected chi connectivity index (χ1v) is 9.88. The van der Waals surface area contributed by atoms with Crippen molar-refractivity contribution in [2.24, 2.45) is 0 Å². The van der Waals surface area contributed by atoms with Crippen molar-refractivity contribution < 1.29 is 23.8 Å². The largest absolute Gasteiger partial charge is 0.493 e. The number of nitrogens with one attached hydrogen (secondary N) is 1. The van der Waals surface area contributed by atoms with E-state index in [1.54, 1.807) is 12.0 Å². The summed E-state index contributed by atoms with van der Waals surface area (Å²) in [6, 6.07) is 5.73. The van der Waals surface area contributed by atoms with Gasteiger partial charge < -0.3 is 24.4 Å². The SMILES string of the molecule is COc1ccc([C@@H]2CC(=O)N(CC(=O)Nc3cnccn3)C2)cc1O[C@@H]1CCOC1. The van der Waals surface area contributed by atoms with E-state index in [9.17, 15) is 9.59 Å². The minimum Gasteiger partial charge on any atom is -0.493 e. The fraction of sp³-hybridized carbons (Fsp3) is 0.429. The van der Waals surface area contributed by atoms with Gasteiger partial charge in [-0.1, -0.05) is 6.07 Å². The molecule has 1 N–H and O–H groups in total. The topological polar surface area (TPSA) is 103 Å². The summed E-state index contributed by atoms with van der Waals surface area (Å²) < 4.78 is 16.9. The highest BCUT2D eigenvalue weighted by atomic mass is 16.6. The molecule has 2 aliphatic rings. The first-order chi connectivity index (χ1) is 14.6. The van der Waals surface area contributed by atoms with Gasteiger partial charge in [-0.2, -0.15) is 0 Å². The van der Waals surface area contributed by atoms with E-state index in [0.717, 1.165) is 12.0 Å². The zero-order valence-corrected chi connectivity index (χ0v) is 16.7. The molecule has 1 aromatic carbocycles. The van der Waals surface area contributed by atoms with Gasteiger partial charge in [-0.3, -0.25) is 14.6 Å². The first-order valence-electron chi connectivity index (χ1n) is 9.88. The fourth-order valence-electron chi connectivity index (χ4n) is 3.69. The van der Waals surface area contributed by atoms with Crippen molar-refractivity contribution in [2.75, 3.05) is 38.7 Å². The molecule has 2 amide bonds. The number of rotatable bonds is 7. The Balaban J connectivity index is 1.41. The summed E-state index contributed by atoms with van der Waals surface area (Å²) in [6.45, 7) is 1.69. The molecule has 2 aromatic rings. The van der Waals surface area contributed by atoms with Crippen LogP contribution < -0.4 is 14.8 Å². The van der Waals surface area contributed by atoms with Crippen molar-refractivity contribution in [1.82, 2.24) is 14.9 Å². The third-order valence-electron chi connectivity index (χ3n) is 5.22. The highest BCUT2D eigenvalue weighted by Gasteiger charge is 2.32. The van der Waals surface area contributed by atoms with Crippen LogP contribution in [0, 0.1) is 0 Å². The molecule has 9 heteroatoms. The van der Waals surface area contributed by atoms with Crippen LogP contribution in [0.4, 0.5) is 5.82 Å². The van der Waals surface area contributed by atoms with Gasteiger partial charge in [0.05, 0.1) is 33.1 Å². The lowest BCUT2D eigenvalue weighted by atomic mass is 9.98. The summed E-state index contributed by atoms with van der Waals surface area (Å²) in [5.41, 5.74) is 0.981. The van der Waals surface area contributed by atoms with E-state index in [0.29, 0.717) is 43.5 Å². The van der Waals surface area contributed by atoms with Gasteiger partial charge in [0.2, 0.25) is 11.8 Å². The average Bonchev–Trinajstić information content (AvgIpc) is 3.39. The molecule has 0 aliphatic carbocycles. The second kappa shape index (κ2) is 9.08. The van der Waals surface area contributed by atoms with Crippen molar-refractivity contribution in [3.63, 3.8) is 0 Å². The lowest BCUT2D eigenvalue weighted by Crippen LogP contribution is -2.34. The molecule has 158 valence electrons. The van der Waals surface area contributed by atoms with Crippen LogP contribution in [0.2, 0.25) is 0 Å². The smallest absolute Gasteiger partial charge is 0.245 e. The summed E-state index contributed by atoms with van der Waals surface area (Å²) in [4.78, 5) is 34.2. The highest BCUT2D eigenvalue weighted by molar-refractivity contribution is 5.94. The number of hydrogen-bond donors (Lipinski definition) is 1. The van der Waals surface area contributed by atoms with E-state index in [4.69, 9.17) is 14.2 Å². The maximum atomic E-state index is 12.5. The Bertz CT molecular complexity index is 902. The Morgan fingerprint density at radius 1 is 1.33 bits per heavy atom. The summed E-state index contributed by atoms with van der Waals surface area (Å²) in [5, 5.41) is 2.65. The third-order valence-corrected chi connectivity index (χ3v) is 5.22. The molecule has 2 aliphatic heterocycles. The van der Waals surface area contributed by atoms with Gasteiger partial charge in [0, 0.05) is 37.7 Å². The molecular formula is C21H24N4O5. The summed E-state index contributed by atoms with van der Waals surface area (Å²) in [5.74, 6) is 1.28.